The van der Waals surface area contributed by atoms with Crippen molar-refractivity contribution in [2.75, 3.05) is 6.61 Å². The van der Waals surface area contributed by atoms with E-state index in [-0.39, 0.29) is 5.91 Å². The van der Waals surface area contributed by atoms with Gasteiger partial charge in [0.2, 0.25) is 0 Å². The molecule has 27 heavy (non-hydrogen) atoms. The third kappa shape index (κ3) is 6.08. The molecule has 0 bridgehead atoms. The van der Waals surface area contributed by atoms with E-state index < -0.39 is 0 Å². The second-order valence-corrected chi connectivity index (χ2v) is 5.95. The van der Waals surface area contributed by atoms with Crippen LogP contribution in [0.4, 0.5) is 0 Å². The Morgan fingerprint density at radius 2 is 1.85 bits per heavy atom. The van der Waals surface area contributed by atoms with Gasteiger partial charge in [0.1, 0.15) is 5.75 Å². The summed E-state index contributed by atoms with van der Waals surface area (Å²) >= 11 is 0. The van der Waals surface area contributed by atoms with Crippen molar-refractivity contribution in [3.63, 3.8) is 0 Å². The van der Waals surface area contributed by atoms with Gasteiger partial charge in [-0.2, -0.15) is 5.10 Å². The zero-order chi connectivity index (χ0) is 18.7. The van der Waals surface area contributed by atoms with Crippen LogP contribution in [-0.2, 0) is 6.42 Å². The Kier molecular flexibility index (Phi) is 6.70. The molecule has 1 amide bonds. The minimum absolute atomic E-state index is 0.294. The van der Waals surface area contributed by atoms with Gasteiger partial charge in [0.05, 0.1) is 18.4 Å². The van der Waals surface area contributed by atoms with E-state index in [1.54, 1.807) is 24.5 Å². The fraction of sp³-hybridized carbons (Fsp3) is 0.136. The first kappa shape index (κ1) is 18.3. The highest BCUT2D eigenvalue weighted by molar-refractivity contribution is 5.94. The second kappa shape index (κ2) is 9.87. The van der Waals surface area contributed by atoms with Gasteiger partial charge >= 0.3 is 0 Å². The standard InChI is InChI=1S/C22H21N3O2/c26-22(20-9-4-14-23-17-20)25-24-16-19-10-12-21(13-11-19)27-15-5-8-18-6-2-1-3-7-18/h1-4,6-7,9-14,16-17H,5,8,15H2,(H,25,26)/b24-16-. The lowest BCUT2D eigenvalue weighted by molar-refractivity contribution is 0.0955. The van der Waals surface area contributed by atoms with Crippen LogP contribution in [0.2, 0.25) is 0 Å². The van der Waals surface area contributed by atoms with Gasteiger partial charge in [0, 0.05) is 12.4 Å². The first-order valence-electron chi connectivity index (χ1n) is 8.81. The number of aryl methyl sites for hydroxylation is 1. The van der Waals surface area contributed by atoms with Crippen LogP contribution >= 0.6 is 0 Å². The number of carbonyl (C=O) groups excluding carboxylic acids is 1. The number of ether oxygens (including phenoxy) is 1. The normalized spacial score (nSPS) is 10.7. The van der Waals surface area contributed by atoms with Crippen LogP contribution in [0.5, 0.6) is 5.75 Å². The summed E-state index contributed by atoms with van der Waals surface area (Å²) in [6.45, 7) is 0.670. The zero-order valence-corrected chi connectivity index (χ0v) is 14.9. The number of hydrogen-bond donors (Lipinski definition) is 1. The van der Waals surface area contributed by atoms with Gasteiger partial charge in [0.25, 0.3) is 5.91 Å². The number of amides is 1. The minimum atomic E-state index is -0.294. The summed E-state index contributed by atoms with van der Waals surface area (Å²) < 4.78 is 5.76. The molecule has 0 saturated heterocycles. The van der Waals surface area contributed by atoms with Crippen molar-refractivity contribution in [1.29, 1.82) is 0 Å². The average Bonchev–Trinajstić information content (AvgIpc) is 2.73. The van der Waals surface area contributed by atoms with E-state index in [4.69, 9.17) is 4.74 Å². The second-order valence-electron chi connectivity index (χ2n) is 5.95. The molecule has 1 N–H and O–H groups in total. The molecule has 1 heterocycles. The topological polar surface area (TPSA) is 63.6 Å². The predicted molar refractivity (Wildman–Crippen MR) is 106 cm³/mol. The van der Waals surface area contributed by atoms with Crippen molar-refractivity contribution in [1.82, 2.24) is 10.4 Å². The SMILES string of the molecule is O=C(N/N=C\c1ccc(OCCCc2ccccc2)cc1)c1cccnc1. The number of aromatic nitrogens is 1. The van der Waals surface area contributed by atoms with E-state index >= 15 is 0 Å². The highest BCUT2D eigenvalue weighted by Gasteiger charge is 2.02. The van der Waals surface area contributed by atoms with Crippen molar-refractivity contribution in [3.8, 4) is 5.75 Å². The first-order chi connectivity index (χ1) is 13.3. The molecule has 1 aromatic heterocycles. The maximum absolute atomic E-state index is 11.9. The molecule has 0 aliphatic carbocycles. The molecule has 0 radical (unpaired) electrons. The van der Waals surface area contributed by atoms with E-state index in [1.807, 2.05) is 30.3 Å². The van der Waals surface area contributed by atoms with Crippen LogP contribution < -0.4 is 10.2 Å². The van der Waals surface area contributed by atoms with E-state index in [9.17, 15) is 4.79 Å². The molecule has 0 spiro atoms. The van der Waals surface area contributed by atoms with E-state index in [0.717, 1.165) is 24.2 Å². The fourth-order valence-corrected chi connectivity index (χ4v) is 2.49. The van der Waals surface area contributed by atoms with Crippen LogP contribution in [0, 0.1) is 0 Å². The largest absolute Gasteiger partial charge is 0.494 e. The van der Waals surface area contributed by atoms with E-state index in [1.165, 1.54) is 11.8 Å². The maximum atomic E-state index is 11.9. The number of benzene rings is 2. The van der Waals surface area contributed by atoms with Gasteiger partial charge in [-0.05, 0) is 60.4 Å². The summed E-state index contributed by atoms with van der Waals surface area (Å²) in [5, 5.41) is 3.96. The van der Waals surface area contributed by atoms with Crippen molar-refractivity contribution < 1.29 is 9.53 Å². The molecule has 0 saturated carbocycles. The van der Waals surface area contributed by atoms with Crippen molar-refractivity contribution >= 4 is 12.1 Å². The Labute approximate surface area is 158 Å². The third-order valence-corrected chi connectivity index (χ3v) is 3.90. The van der Waals surface area contributed by atoms with Crippen molar-refractivity contribution in [2.45, 2.75) is 12.8 Å². The number of nitrogens with zero attached hydrogens (tertiary/aromatic N) is 2. The molecule has 2 aromatic carbocycles. The quantitative estimate of drug-likeness (QED) is 0.377. The number of carbonyl (C=O) groups is 1. The van der Waals surface area contributed by atoms with Crippen molar-refractivity contribution in [2.24, 2.45) is 5.10 Å². The van der Waals surface area contributed by atoms with Crippen LogP contribution in [0.1, 0.15) is 27.9 Å². The van der Waals surface area contributed by atoms with E-state index in [0.29, 0.717) is 12.2 Å². The number of pyridine rings is 1. The average molecular weight is 359 g/mol. The lowest BCUT2D eigenvalue weighted by atomic mass is 10.1. The number of nitrogens with one attached hydrogen (secondary N) is 1. The fourth-order valence-electron chi connectivity index (χ4n) is 2.49. The highest BCUT2D eigenvalue weighted by Crippen LogP contribution is 2.12. The van der Waals surface area contributed by atoms with Gasteiger partial charge in [-0.3, -0.25) is 9.78 Å². The monoisotopic (exact) mass is 359 g/mol. The Morgan fingerprint density at radius 1 is 1.04 bits per heavy atom. The molecule has 136 valence electrons. The van der Waals surface area contributed by atoms with Crippen LogP contribution in [0.3, 0.4) is 0 Å². The molecular weight excluding hydrogens is 338 g/mol. The van der Waals surface area contributed by atoms with Crippen LogP contribution in [-0.4, -0.2) is 23.7 Å². The van der Waals surface area contributed by atoms with E-state index in [2.05, 4.69) is 39.8 Å². The zero-order valence-electron chi connectivity index (χ0n) is 14.9. The first-order valence-corrected chi connectivity index (χ1v) is 8.81. The Morgan fingerprint density at radius 3 is 2.59 bits per heavy atom. The summed E-state index contributed by atoms with van der Waals surface area (Å²) in [6, 6.07) is 21.3. The van der Waals surface area contributed by atoms with Crippen molar-refractivity contribution in [3.05, 3.63) is 95.8 Å². The van der Waals surface area contributed by atoms with Gasteiger partial charge in [-0.15, -0.1) is 0 Å². The van der Waals surface area contributed by atoms with Crippen LogP contribution in [0.15, 0.2) is 84.2 Å². The van der Waals surface area contributed by atoms with Gasteiger partial charge in [-0.1, -0.05) is 30.3 Å². The van der Waals surface area contributed by atoms with Gasteiger partial charge in [-0.25, -0.2) is 5.43 Å². The van der Waals surface area contributed by atoms with Crippen LogP contribution in [0.25, 0.3) is 0 Å². The molecule has 0 aliphatic heterocycles. The summed E-state index contributed by atoms with van der Waals surface area (Å²) in [7, 11) is 0. The lowest BCUT2D eigenvalue weighted by Crippen LogP contribution is -2.17. The molecule has 3 aromatic rings. The molecule has 0 aliphatic rings. The molecule has 0 fully saturated rings. The molecule has 0 atom stereocenters. The highest BCUT2D eigenvalue weighted by atomic mass is 16.5. The van der Waals surface area contributed by atoms with Gasteiger partial charge < -0.3 is 4.74 Å². The summed E-state index contributed by atoms with van der Waals surface area (Å²) in [4.78, 5) is 15.8. The Balaban J connectivity index is 1.41. The number of rotatable bonds is 8. The molecule has 0 unspecified atom stereocenters. The smallest absolute Gasteiger partial charge is 0.272 e. The predicted octanol–water partition coefficient (Wildman–Crippen LogP) is 3.86. The van der Waals surface area contributed by atoms with Gasteiger partial charge in [0.15, 0.2) is 0 Å². The summed E-state index contributed by atoms with van der Waals surface area (Å²) in [5.74, 6) is 0.525. The summed E-state index contributed by atoms with van der Waals surface area (Å²) in [6.07, 6.45) is 6.67. The third-order valence-electron chi connectivity index (χ3n) is 3.90. The molecular formula is C22H21N3O2. The molecule has 5 heteroatoms. The Bertz CT molecular complexity index is 863. The number of hydrazone groups is 1. The summed E-state index contributed by atoms with van der Waals surface area (Å²) in [5.41, 5.74) is 5.14. The number of hydrogen-bond acceptors (Lipinski definition) is 4. The maximum Gasteiger partial charge on any atom is 0.272 e. The minimum Gasteiger partial charge on any atom is -0.494 e. The molecule has 3 rings (SSSR count). The molecule has 5 nitrogen and oxygen atoms in total. The Hall–Kier alpha value is -3.47. The lowest BCUT2D eigenvalue weighted by Gasteiger charge is -2.06.